The summed E-state index contributed by atoms with van der Waals surface area (Å²) in [5, 5.41) is 41.1. The largest absolute Gasteiger partial charge is 0.490 e. The number of aliphatic hydroxyl groups excluding tert-OH is 4. The molecule has 20 heteroatoms. The number of hydrogen-bond acceptors (Lipinski definition) is 14. The standard InChI is InChI=1S/C19H25N4O14PS/c1-33-7-4-23(19(39)21-15(7)29)16-12(27)11(26)9(36-16)6-34-38(31,32)37-14-8(5-24)35-17(13(14)28)22-3-2-10(25)20-18(22)30/h2-4,8-9,11-14,16-17,24,26-28H,5-6H2,1H3,(H,31,32)(H,20,25,30)(H,21,29,39)/t8-,9-,11-,12-,13-,14-,16-,17-/m1/s1. The zero-order valence-electron chi connectivity index (χ0n) is 19.9. The maximum atomic E-state index is 12.7. The van der Waals surface area contributed by atoms with Gasteiger partial charge in [-0.2, -0.15) is 0 Å². The van der Waals surface area contributed by atoms with Crippen LogP contribution < -0.4 is 21.5 Å². The lowest BCUT2D eigenvalue weighted by atomic mass is 10.1. The van der Waals surface area contributed by atoms with E-state index in [-0.39, 0.29) is 10.5 Å². The van der Waals surface area contributed by atoms with Crippen LogP contribution in [-0.4, -0.2) is 101 Å². The van der Waals surface area contributed by atoms with Gasteiger partial charge >= 0.3 is 13.5 Å². The van der Waals surface area contributed by atoms with Crippen LogP contribution in [0, 0.1) is 4.77 Å². The number of aromatic amines is 2. The Morgan fingerprint density at radius 1 is 1.05 bits per heavy atom. The first-order chi connectivity index (χ1) is 18.4. The smallest absolute Gasteiger partial charge is 0.472 e. The molecular weight excluding hydrogens is 571 g/mol. The number of methoxy groups -OCH3 is 1. The molecule has 0 aromatic carbocycles. The van der Waals surface area contributed by atoms with Crippen molar-refractivity contribution in [1.29, 1.82) is 0 Å². The van der Waals surface area contributed by atoms with E-state index in [4.69, 9.17) is 35.5 Å². The lowest BCUT2D eigenvalue weighted by molar-refractivity contribution is -0.0611. The van der Waals surface area contributed by atoms with Crippen molar-refractivity contribution in [3.05, 3.63) is 54.4 Å². The van der Waals surface area contributed by atoms with E-state index in [9.17, 15) is 44.3 Å². The van der Waals surface area contributed by atoms with Crippen LogP contribution in [-0.2, 0) is 23.1 Å². The summed E-state index contributed by atoms with van der Waals surface area (Å²) < 4.78 is 40.2. The summed E-state index contributed by atoms with van der Waals surface area (Å²) in [6.07, 6.45) is -10.1. The molecule has 0 spiro atoms. The molecule has 0 radical (unpaired) electrons. The van der Waals surface area contributed by atoms with Crippen molar-refractivity contribution < 1.29 is 53.1 Å². The van der Waals surface area contributed by atoms with Gasteiger partial charge in [0.1, 0.15) is 36.6 Å². The Morgan fingerprint density at radius 2 is 1.72 bits per heavy atom. The Balaban J connectivity index is 1.44. The van der Waals surface area contributed by atoms with E-state index in [0.717, 1.165) is 27.6 Å². The van der Waals surface area contributed by atoms with Gasteiger partial charge in [-0.3, -0.25) is 37.7 Å². The molecule has 2 fully saturated rings. The van der Waals surface area contributed by atoms with Crippen LogP contribution in [0.3, 0.4) is 0 Å². The summed E-state index contributed by atoms with van der Waals surface area (Å²) in [4.78, 5) is 49.7. The highest BCUT2D eigenvalue weighted by Gasteiger charge is 2.50. The summed E-state index contributed by atoms with van der Waals surface area (Å²) in [6, 6.07) is 0.977. The number of H-pyrrole nitrogens is 2. The van der Waals surface area contributed by atoms with Crippen LogP contribution >= 0.6 is 20.0 Å². The topological polar surface area (TPSA) is 257 Å². The third-order valence-corrected chi connectivity index (χ3v) is 7.34. The zero-order valence-corrected chi connectivity index (χ0v) is 21.6. The molecule has 216 valence electrons. The average Bonchev–Trinajstić information content (AvgIpc) is 3.33. The number of aromatic nitrogens is 4. The van der Waals surface area contributed by atoms with E-state index < -0.39 is 86.9 Å². The minimum atomic E-state index is -5.05. The molecule has 0 aliphatic carbocycles. The third-order valence-electron chi connectivity index (χ3n) is 6.04. The average molecular weight is 596 g/mol. The number of phosphoric ester groups is 1. The van der Waals surface area contributed by atoms with Gasteiger partial charge < -0.3 is 39.5 Å². The summed E-state index contributed by atoms with van der Waals surface area (Å²) >= 11 is 5.06. The van der Waals surface area contributed by atoms with Gasteiger partial charge in [-0.15, -0.1) is 0 Å². The SMILES string of the molecule is COc1cn([C@@H]2O[C@H](COP(=O)(O)O[C@H]3[C@@H](O)[C@H](n4ccc(=O)[nH]c4=O)O[C@@H]3CO)[C@@H](O)[C@H]2O)c(=S)[nH]c1=O. The molecule has 39 heavy (non-hydrogen) atoms. The molecule has 0 saturated carbocycles. The molecule has 2 aromatic rings. The first-order valence-corrected chi connectivity index (χ1v) is 13.1. The fourth-order valence-electron chi connectivity index (χ4n) is 4.10. The van der Waals surface area contributed by atoms with Gasteiger partial charge in [-0.1, -0.05) is 0 Å². The van der Waals surface area contributed by atoms with Gasteiger partial charge in [0.15, 0.2) is 17.2 Å². The third kappa shape index (κ3) is 5.98. The molecule has 4 heterocycles. The summed E-state index contributed by atoms with van der Waals surface area (Å²) in [5.74, 6) is -0.167. The van der Waals surface area contributed by atoms with E-state index in [1.807, 2.05) is 4.98 Å². The summed E-state index contributed by atoms with van der Waals surface area (Å²) in [7, 11) is -3.83. The summed E-state index contributed by atoms with van der Waals surface area (Å²) in [5.41, 5.74) is -2.31. The molecule has 1 unspecified atom stereocenters. The highest BCUT2D eigenvalue weighted by molar-refractivity contribution is 7.71. The molecule has 7 N–H and O–H groups in total. The first kappa shape index (κ1) is 29.4. The van der Waals surface area contributed by atoms with Crippen LogP contribution in [0.4, 0.5) is 0 Å². The minimum absolute atomic E-state index is 0.167. The predicted octanol–water partition coefficient (Wildman–Crippen LogP) is -3.16. The zero-order chi connectivity index (χ0) is 28.6. The molecule has 2 aliphatic heterocycles. The van der Waals surface area contributed by atoms with Gasteiger partial charge in [0.25, 0.3) is 11.1 Å². The number of aliphatic hydroxyl groups is 4. The van der Waals surface area contributed by atoms with E-state index >= 15 is 0 Å². The van der Waals surface area contributed by atoms with Gasteiger partial charge in [-0.25, -0.2) is 9.36 Å². The Labute approximate surface area is 222 Å². The van der Waals surface area contributed by atoms with Crippen molar-refractivity contribution in [2.45, 2.75) is 49.1 Å². The van der Waals surface area contributed by atoms with Gasteiger partial charge in [0, 0.05) is 12.3 Å². The number of nitrogens with zero attached hydrogens (tertiary/aromatic N) is 2. The number of hydrogen-bond donors (Lipinski definition) is 7. The van der Waals surface area contributed by atoms with Crippen LogP contribution in [0.2, 0.25) is 0 Å². The van der Waals surface area contributed by atoms with Crippen molar-refractivity contribution >= 4 is 20.0 Å². The number of phosphoric acid groups is 1. The van der Waals surface area contributed by atoms with Crippen LogP contribution in [0.25, 0.3) is 0 Å². The van der Waals surface area contributed by atoms with Crippen LogP contribution in [0.5, 0.6) is 5.75 Å². The Kier molecular flexibility index (Phi) is 8.69. The van der Waals surface area contributed by atoms with Gasteiger partial charge in [-0.05, 0) is 12.2 Å². The lowest BCUT2D eigenvalue weighted by Crippen LogP contribution is -2.39. The van der Waals surface area contributed by atoms with Crippen molar-refractivity contribution in [2.75, 3.05) is 20.3 Å². The Hall–Kier alpha value is -2.55. The normalized spacial score (nSPS) is 32.3. The monoisotopic (exact) mass is 596 g/mol. The second kappa shape index (κ2) is 11.5. The fraction of sp³-hybridized carbons (Fsp3) is 0.579. The lowest BCUT2D eigenvalue weighted by Gasteiger charge is -2.23. The second-order valence-electron chi connectivity index (χ2n) is 8.50. The Morgan fingerprint density at radius 3 is 2.36 bits per heavy atom. The molecule has 2 aliphatic rings. The molecule has 0 bridgehead atoms. The molecule has 9 atom stereocenters. The highest BCUT2D eigenvalue weighted by Crippen LogP contribution is 2.49. The number of ether oxygens (including phenoxy) is 3. The van der Waals surface area contributed by atoms with Gasteiger partial charge in [0.2, 0.25) is 5.75 Å². The number of nitrogens with one attached hydrogen (secondary N) is 2. The molecule has 0 amide bonds. The molecule has 18 nitrogen and oxygen atoms in total. The predicted molar refractivity (Wildman–Crippen MR) is 127 cm³/mol. The van der Waals surface area contributed by atoms with E-state index in [1.54, 1.807) is 0 Å². The van der Waals surface area contributed by atoms with Crippen molar-refractivity contribution in [3.63, 3.8) is 0 Å². The first-order valence-electron chi connectivity index (χ1n) is 11.2. The highest BCUT2D eigenvalue weighted by atomic mass is 32.1. The molecule has 2 saturated heterocycles. The Bertz CT molecular complexity index is 1470. The maximum Gasteiger partial charge on any atom is 0.472 e. The van der Waals surface area contributed by atoms with Crippen LogP contribution in [0.1, 0.15) is 12.5 Å². The number of rotatable bonds is 9. The van der Waals surface area contributed by atoms with E-state index in [2.05, 4.69) is 4.98 Å². The van der Waals surface area contributed by atoms with Crippen molar-refractivity contribution in [3.8, 4) is 5.75 Å². The van der Waals surface area contributed by atoms with E-state index in [0.29, 0.717) is 0 Å². The van der Waals surface area contributed by atoms with Crippen molar-refractivity contribution in [2.24, 2.45) is 0 Å². The fourth-order valence-corrected chi connectivity index (χ4v) is 5.32. The molecule has 2 aromatic heterocycles. The minimum Gasteiger partial charge on any atom is -0.490 e. The molecular formula is C19H25N4O14PS. The molecule has 4 rings (SSSR count). The van der Waals surface area contributed by atoms with Crippen molar-refractivity contribution in [1.82, 2.24) is 19.1 Å². The second-order valence-corrected chi connectivity index (χ2v) is 10.3. The summed E-state index contributed by atoms with van der Waals surface area (Å²) in [6.45, 7) is -1.59. The van der Waals surface area contributed by atoms with E-state index in [1.165, 1.54) is 7.11 Å². The van der Waals surface area contributed by atoms with Crippen LogP contribution in [0.15, 0.2) is 32.8 Å². The quantitative estimate of drug-likeness (QED) is 0.111. The maximum absolute atomic E-state index is 12.7. The van der Waals surface area contributed by atoms with Gasteiger partial charge in [0.05, 0.1) is 26.5 Å².